The molecule has 0 bridgehead atoms. The van der Waals surface area contributed by atoms with E-state index in [4.69, 9.17) is 22.7 Å². The van der Waals surface area contributed by atoms with E-state index in [1.54, 1.807) is 60.7 Å². The lowest BCUT2D eigenvalue weighted by molar-refractivity contribution is 0.261. The average molecular weight is 1050 g/mol. The summed E-state index contributed by atoms with van der Waals surface area (Å²) in [6, 6.07) is 40.6. The molecule has 0 fully saturated rings. The van der Waals surface area contributed by atoms with Crippen LogP contribution in [0.25, 0.3) is 66.3 Å². The summed E-state index contributed by atoms with van der Waals surface area (Å²) in [5.41, 5.74) is 5.09. The molecule has 11 aromatic rings. The number of fused-ring (bicyclic) bond motifs is 4. The van der Waals surface area contributed by atoms with Gasteiger partial charge in [-0.2, -0.15) is 0 Å². The van der Waals surface area contributed by atoms with Gasteiger partial charge in [0.15, 0.2) is 16.9 Å². The van der Waals surface area contributed by atoms with Crippen LogP contribution in [0.1, 0.15) is 17.0 Å². The smallest absolute Gasteiger partial charge is 0.204 e. The quantitative estimate of drug-likeness (QED) is 0.0774. The van der Waals surface area contributed by atoms with Gasteiger partial charge in [0.05, 0.1) is 41.2 Å². The van der Waals surface area contributed by atoms with Crippen molar-refractivity contribution in [2.24, 2.45) is 0 Å². The second-order valence-electron chi connectivity index (χ2n) is 17.7. The van der Waals surface area contributed by atoms with Gasteiger partial charge in [-0.25, -0.2) is 0 Å². The molecule has 0 aliphatic carbocycles. The number of methoxy groups -OCH3 is 1. The lowest BCUT2D eigenvalue weighted by Gasteiger charge is -2.25. The number of phenols is 9. The molecule has 392 valence electrons. The maximum Gasteiger partial charge on any atom is 0.204 e. The summed E-state index contributed by atoms with van der Waals surface area (Å²) in [5.74, 6) is 1.56. The van der Waals surface area contributed by atoms with Crippen molar-refractivity contribution >= 4 is 32.9 Å². The van der Waals surface area contributed by atoms with Crippen molar-refractivity contribution in [1.29, 1.82) is 0 Å². The van der Waals surface area contributed by atoms with Crippen molar-refractivity contribution in [3.05, 3.63) is 218 Å². The largest absolute Gasteiger partial charge is 0.508 e. The minimum atomic E-state index is -0.408. The van der Waals surface area contributed by atoms with Crippen molar-refractivity contribution in [2.45, 2.75) is 12.3 Å². The first-order valence-electron chi connectivity index (χ1n) is 23.7. The number of hydrogen-bond acceptors (Lipinski definition) is 17. The summed E-state index contributed by atoms with van der Waals surface area (Å²) >= 11 is 0. The van der Waals surface area contributed by atoms with Crippen LogP contribution >= 0.6 is 0 Å². The molecule has 1 atom stereocenters. The van der Waals surface area contributed by atoms with E-state index in [9.17, 15) is 60.3 Å². The molecule has 1 aliphatic rings. The molecule has 8 aromatic carbocycles. The Morgan fingerprint density at radius 1 is 0.423 bits per heavy atom. The number of ether oxygens (including phenoxy) is 2. The van der Waals surface area contributed by atoms with E-state index in [0.29, 0.717) is 56.7 Å². The SMILES string of the molecule is COc1cc2c(=O)c(-c3ccc(O)cc3)coc2cc1O.O=c1c(-c2ccc(O)cc2)coc2cc(O)cc(O)c12.O=c1c(-c2ccc(O)cc2)coc2cc(O)ccc12.Oc1ccc([C@H]2COc3cc(O)ccc3C2)cc1. The molecule has 78 heavy (non-hydrogen) atoms. The first-order chi connectivity index (χ1) is 37.5. The third kappa shape index (κ3) is 11.4. The Kier molecular flexibility index (Phi) is 14.9. The predicted octanol–water partition coefficient (Wildman–Crippen LogP) is 11.1. The van der Waals surface area contributed by atoms with Gasteiger partial charge in [-0.15, -0.1) is 0 Å². The van der Waals surface area contributed by atoms with Gasteiger partial charge in [-0.1, -0.05) is 54.6 Å². The summed E-state index contributed by atoms with van der Waals surface area (Å²) in [6.45, 7) is 0.598. The van der Waals surface area contributed by atoms with E-state index in [0.717, 1.165) is 29.4 Å². The van der Waals surface area contributed by atoms with E-state index < -0.39 is 5.43 Å². The van der Waals surface area contributed by atoms with Crippen molar-refractivity contribution in [1.82, 2.24) is 0 Å². The molecule has 0 spiro atoms. The molecule has 0 radical (unpaired) electrons. The van der Waals surface area contributed by atoms with Crippen LogP contribution in [0.5, 0.6) is 63.2 Å². The second kappa shape index (κ2) is 22.3. The maximum absolute atomic E-state index is 12.5. The molecule has 17 nitrogen and oxygen atoms in total. The first kappa shape index (κ1) is 52.1. The van der Waals surface area contributed by atoms with Gasteiger partial charge in [-0.05, 0) is 107 Å². The van der Waals surface area contributed by atoms with Crippen LogP contribution in [-0.2, 0) is 6.42 Å². The molecule has 3 aromatic heterocycles. The van der Waals surface area contributed by atoms with Gasteiger partial charge < -0.3 is 68.7 Å². The standard InChI is InChI=1S/C16H12O5.C15H10O5.C15H10O4.C15H14O3/c1-20-15-6-11-14(7-13(15)18)21-8-12(16(11)19)9-2-4-10(17)5-3-9;16-9-3-1-8(2-4-9)11-7-20-13-6-10(17)5-12(18)14(13)15(11)19;16-10-3-1-9(2-4-10)13-8-19-14-7-11(17)5-6-12(14)15(13)18;16-13-4-1-10(2-5-13)12-7-11-3-6-14(17)8-15(11)18-9-12/h2-8,17-18H,1H3;1-7,16-18H;1-8,16-17H;1-6,8,12,16-17H,7,9H2/t;;;12-/m...1/s1. The van der Waals surface area contributed by atoms with E-state index in [2.05, 4.69) is 0 Å². The summed E-state index contributed by atoms with van der Waals surface area (Å²) < 4.78 is 26.7. The highest BCUT2D eigenvalue weighted by Gasteiger charge is 2.22. The van der Waals surface area contributed by atoms with E-state index in [-0.39, 0.29) is 90.5 Å². The van der Waals surface area contributed by atoms with Crippen LogP contribution in [0.15, 0.2) is 204 Å². The fourth-order valence-corrected chi connectivity index (χ4v) is 8.49. The number of hydrogen-bond donors (Lipinski definition) is 9. The number of benzene rings is 8. The minimum Gasteiger partial charge on any atom is -0.508 e. The normalized spacial score (nSPS) is 12.4. The fraction of sp³-hybridized carbons (Fsp3) is 0.0656. The van der Waals surface area contributed by atoms with Crippen LogP contribution in [-0.4, -0.2) is 59.7 Å². The Balaban J connectivity index is 0.000000127. The van der Waals surface area contributed by atoms with Crippen molar-refractivity contribution < 1.29 is 68.7 Å². The van der Waals surface area contributed by atoms with Gasteiger partial charge in [0.2, 0.25) is 10.9 Å². The molecule has 12 rings (SSSR count). The van der Waals surface area contributed by atoms with Gasteiger partial charge in [0, 0.05) is 36.2 Å². The molecule has 4 heterocycles. The average Bonchev–Trinajstić information content (AvgIpc) is 3.46. The van der Waals surface area contributed by atoms with Crippen LogP contribution in [0, 0.1) is 0 Å². The molecule has 0 unspecified atom stereocenters. The lowest BCUT2D eigenvalue weighted by atomic mass is 9.90. The third-order valence-corrected chi connectivity index (χ3v) is 12.5. The Bertz CT molecular complexity index is 4150. The zero-order valence-corrected chi connectivity index (χ0v) is 41.0. The monoisotopic (exact) mass is 1050 g/mol. The summed E-state index contributed by atoms with van der Waals surface area (Å²) in [4.78, 5) is 37.2. The van der Waals surface area contributed by atoms with Crippen LogP contribution in [0.3, 0.4) is 0 Å². The highest BCUT2D eigenvalue weighted by Crippen LogP contribution is 2.36. The Hall–Kier alpha value is -10.8. The number of rotatable bonds is 5. The lowest BCUT2D eigenvalue weighted by Crippen LogP contribution is -2.18. The molecule has 0 saturated heterocycles. The van der Waals surface area contributed by atoms with E-state index >= 15 is 0 Å². The minimum absolute atomic E-state index is 0.00775. The fourth-order valence-electron chi connectivity index (χ4n) is 8.49. The maximum atomic E-state index is 12.5. The number of aromatic hydroxyl groups is 9. The molecule has 0 amide bonds. The third-order valence-electron chi connectivity index (χ3n) is 12.5. The van der Waals surface area contributed by atoms with Gasteiger partial charge in [0.1, 0.15) is 92.7 Å². The molecule has 9 N–H and O–H groups in total. The second-order valence-corrected chi connectivity index (χ2v) is 17.7. The highest BCUT2D eigenvalue weighted by atomic mass is 16.5. The van der Waals surface area contributed by atoms with Crippen molar-refractivity contribution in [3.63, 3.8) is 0 Å². The highest BCUT2D eigenvalue weighted by molar-refractivity contribution is 5.88. The van der Waals surface area contributed by atoms with Crippen LogP contribution < -0.4 is 25.8 Å². The van der Waals surface area contributed by atoms with Gasteiger partial charge >= 0.3 is 0 Å². The van der Waals surface area contributed by atoms with Crippen LogP contribution in [0.2, 0.25) is 0 Å². The van der Waals surface area contributed by atoms with Crippen molar-refractivity contribution in [2.75, 3.05) is 13.7 Å². The van der Waals surface area contributed by atoms with Crippen LogP contribution in [0.4, 0.5) is 0 Å². The summed E-state index contributed by atoms with van der Waals surface area (Å²) in [7, 11) is 1.41. The van der Waals surface area contributed by atoms with Gasteiger partial charge in [0.25, 0.3) is 0 Å². The van der Waals surface area contributed by atoms with Gasteiger partial charge in [-0.3, -0.25) is 14.4 Å². The Labute approximate surface area is 441 Å². The van der Waals surface area contributed by atoms with E-state index in [1.165, 1.54) is 98.7 Å². The summed E-state index contributed by atoms with van der Waals surface area (Å²) in [5, 5.41) is 85.4. The number of phenolic OH excluding ortho intramolecular Hbond substituents is 9. The van der Waals surface area contributed by atoms with E-state index in [1.807, 2.05) is 18.2 Å². The molecule has 1 aliphatic heterocycles. The van der Waals surface area contributed by atoms with Crippen molar-refractivity contribution in [3.8, 4) is 96.6 Å². The topological polar surface area (TPSA) is 291 Å². The first-order valence-corrected chi connectivity index (χ1v) is 23.7. The predicted molar refractivity (Wildman–Crippen MR) is 290 cm³/mol. The molecular formula is C61H46O17. The Morgan fingerprint density at radius 3 is 1.42 bits per heavy atom. The molecule has 0 saturated carbocycles. The summed E-state index contributed by atoms with van der Waals surface area (Å²) in [6.07, 6.45) is 4.84. The molecular weight excluding hydrogens is 1000 g/mol. The Morgan fingerprint density at radius 2 is 0.872 bits per heavy atom. The molecule has 17 heteroatoms. The zero-order chi connectivity index (χ0) is 55.2. The zero-order valence-electron chi connectivity index (χ0n) is 41.0.